The van der Waals surface area contributed by atoms with Gasteiger partial charge in [-0.25, -0.2) is 0 Å². The van der Waals surface area contributed by atoms with E-state index in [0.717, 1.165) is 31.0 Å². The van der Waals surface area contributed by atoms with Gasteiger partial charge >= 0.3 is 0 Å². The molecule has 0 fully saturated rings. The van der Waals surface area contributed by atoms with Gasteiger partial charge < -0.3 is 9.84 Å². The van der Waals surface area contributed by atoms with Gasteiger partial charge in [-0.3, -0.25) is 4.68 Å². The lowest BCUT2D eigenvalue weighted by atomic mass is 10.1. The van der Waals surface area contributed by atoms with Crippen molar-refractivity contribution < 1.29 is 9.84 Å². The molecule has 18 heavy (non-hydrogen) atoms. The van der Waals surface area contributed by atoms with Gasteiger partial charge in [0.15, 0.2) is 0 Å². The maximum Gasteiger partial charge on any atom is 0.0848 e. The lowest BCUT2D eigenvalue weighted by Gasteiger charge is -2.12. The van der Waals surface area contributed by atoms with Crippen molar-refractivity contribution in [2.45, 2.75) is 52.7 Å². The molecular formula is C13H23ClN2O2. The average molecular weight is 275 g/mol. The summed E-state index contributed by atoms with van der Waals surface area (Å²) >= 11 is 6.19. The topological polar surface area (TPSA) is 47.3 Å². The summed E-state index contributed by atoms with van der Waals surface area (Å²) in [6, 6.07) is 0. The third-order valence-corrected chi connectivity index (χ3v) is 3.32. The second kappa shape index (κ2) is 7.77. The van der Waals surface area contributed by atoms with Gasteiger partial charge in [-0.2, -0.15) is 5.10 Å². The van der Waals surface area contributed by atoms with Crippen molar-refractivity contribution in [3.05, 3.63) is 16.4 Å². The van der Waals surface area contributed by atoms with E-state index in [4.69, 9.17) is 16.3 Å². The summed E-state index contributed by atoms with van der Waals surface area (Å²) in [6.07, 6.45) is 1.73. The Balaban J connectivity index is 2.50. The van der Waals surface area contributed by atoms with Crippen molar-refractivity contribution >= 4 is 11.6 Å². The number of aromatic nitrogens is 2. The molecular weight excluding hydrogens is 252 g/mol. The van der Waals surface area contributed by atoms with Crippen LogP contribution < -0.4 is 0 Å². The van der Waals surface area contributed by atoms with E-state index in [1.807, 2.05) is 18.5 Å². The Bertz CT molecular complexity index is 366. The summed E-state index contributed by atoms with van der Waals surface area (Å²) in [6.45, 7) is 8.07. The summed E-state index contributed by atoms with van der Waals surface area (Å²) in [5, 5.41) is 15.0. The van der Waals surface area contributed by atoms with Crippen LogP contribution in [0.1, 0.15) is 38.1 Å². The summed E-state index contributed by atoms with van der Waals surface area (Å²) in [5.74, 6) is 0. The van der Waals surface area contributed by atoms with E-state index < -0.39 is 6.10 Å². The minimum Gasteiger partial charge on any atom is -0.393 e. The van der Waals surface area contributed by atoms with Crippen LogP contribution in [0.15, 0.2) is 0 Å². The third-order valence-electron chi connectivity index (χ3n) is 2.83. The Morgan fingerprint density at radius 2 is 2.11 bits per heavy atom. The van der Waals surface area contributed by atoms with E-state index >= 15 is 0 Å². The number of ether oxygens (including phenoxy) is 1. The SMILES string of the molecule is CCCOCCC(O)Cc1c(Cl)c(C)nn1CC. The molecule has 0 aliphatic carbocycles. The largest absolute Gasteiger partial charge is 0.393 e. The lowest BCUT2D eigenvalue weighted by Crippen LogP contribution is -2.17. The minimum absolute atomic E-state index is 0.430. The fourth-order valence-corrected chi connectivity index (χ4v) is 2.07. The predicted molar refractivity (Wildman–Crippen MR) is 73.1 cm³/mol. The molecule has 1 rings (SSSR count). The van der Waals surface area contributed by atoms with Crippen molar-refractivity contribution in [1.29, 1.82) is 0 Å². The molecule has 0 bridgehead atoms. The zero-order valence-corrected chi connectivity index (χ0v) is 12.2. The fraction of sp³-hybridized carbons (Fsp3) is 0.769. The summed E-state index contributed by atoms with van der Waals surface area (Å²) < 4.78 is 7.22. The van der Waals surface area contributed by atoms with Gasteiger partial charge in [0, 0.05) is 26.2 Å². The Labute approximate surface area is 114 Å². The van der Waals surface area contributed by atoms with Crippen LogP contribution in [0.5, 0.6) is 0 Å². The summed E-state index contributed by atoms with van der Waals surface area (Å²) in [7, 11) is 0. The fourth-order valence-electron chi connectivity index (χ4n) is 1.86. The number of aliphatic hydroxyl groups excluding tert-OH is 1. The smallest absolute Gasteiger partial charge is 0.0848 e. The van der Waals surface area contributed by atoms with Gasteiger partial charge in [0.25, 0.3) is 0 Å². The average Bonchev–Trinajstić information content (AvgIpc) is 2.62. The van der Waals surface area contributed by atoms with Crippen LogP contribution in [0.3, 0.4) is 0 Å². The molecule has 0 saturated carbocycles. The number of rotatable bonds is 8. The first-order valence-corrected chi connectivity index (χ1v) is 6.95. The molecule has 0 aromatic carbocycles. The van der Waals surface area contributed by atoms with E-state index in [0.29, 0.717) is 24.5 Å². The number of aliphatic hydroxyl groups is 1. The van der Waals surface area contributed by atoms with E-state index in [9.17, 15) is 5.11 Å². The molecule has 0 aliphatic heterocycles. The van der Waals surface area contributed by atoms with Gasteiger partial charge in [0.2, 0.25) is 0 Å². The summed E-state index contributed by atoms with van der Waals surface area (Å²) in [5.41, 5.74) is 1.74. The first kappa shape index (κ1) is 15.5. The van der Waals surface area contributed by atoms with Crippen molar-refractivity contribution in [1.82, 2.24) is 9.78 Å². The van der Waals surface area contributed by atoms with Crippen LogP contribution in [0.4, 0.5) is 0 Å². The van der Waals surface area contributed by atoms with Gasteiger partial charge in [0.1, 0.15) is 0 Å². The van der Waals surface area contributed by atoms with Crippen molar-refractivity contribution in [3.63, 3.8) is 0 Å². The Hall–Kier alpha value is -0.580. The third kappa shape index (κ3) is 4.26. The highest BCUT2D eigenvalue weighted by Gasteiger charge is 2.16. The molecule has 4 nitrogen and oxygen atoms in total. The van der Waals surface area contributed by atoms with Crippen LogP contribution >= 0.6 is 11.6 Å². The molecule has 1 N–H and O–H groups in total. The van der Waals surface area contributed by atoms with Gasteiger partial charge in [-0.15, -0.1) is 0 Å². The maximum absolute atomic E-state index is 9.98. The van der Waals surface area contributed by atoms with Crippen molar-refractivity contribution in [2.75, 3.05) is 13.2 Å². The number of hydrogen-bond donors (Lipinski definition) is 1. The monoisotopic (exact) mass is 274 g/mol. The zero-order chi connectivity index (χ0) is 13.5. The van der Waals surface area contributed by atoms with E-state index in [2.05, 4.69) is 12.0 Å². The minimum atomic E-state index is -0.430. The number of halogens is 1. The molecule has 1 aromatic rings. The van der Waals surface area contributed by atoms with Crippen molar-refractivity contribution in [2.24, 2.45) is 0 Å². The van der Waals surface area contributed by atoms with E-state index in [1.165, 1.54) is 0 Å². The van der Waals surface area contributed by atoms with Gasteiger partial charge in [0.05, 0.1) is 22.5 Å². The van der Waals surface area contributed by atoms with Crippen LogP contribution in [-0.2, 0) is 17.7 Å². The molecule has 1 unspecified atom stereocenters. The first-order valence-electron chi connectivity index (χ1n) is 6.57. The highest BCUT2D eigenvalue weighted by atomic mass is 35.5. The van der Waals surface area contributed by atoms with Crippen LogP contribution in [0, 0.1) is 6.92 Å². The number of hydrogen-bond acceptors (Lipinski definition) is 3. The highest BCUT2D eigenvalue weighted by molar-refractivity contribution is 6.31. The molecule has 104 valence electrons. The standard InChI is InChI=1S/C13H23ClN2O2/c1-4-7-18-8-6-11(17)9-12-13(14)10(3)15-16(12)5-2/h11,17H,4-9H2,1-3H3. The highest BCUT2D eigenvalue weighted by Crippen LogP contribution is 2.22. The molecule has 1 heterocycles. The molecule has 0 aliphatic rings. The molecule has 0 spiro atoms. The van der Waals surface area contributed by atoms with Crippen molar-refractivity contribution in [3.8, 4) is 0 Å². The lowest BCUT2D eigenvalue weighted by molar-refractivity contribution is 0.0815. The second-order valence-electron chi connectivity index (χ2n) is 4.42. The van der Waals surface area contributed by atoms with Crippen LogP contribution in [0.25, 0.3) is 0 Å². The molecule has 0 amide bonds. The van der Waals surface area contributed by atoms with E-state index in [-0.39, 0.29) is 0 Å². The molecule has 1 aromatic heterocycles. The molecule has 5 heteroatoms. The Morgan fingerprint density at radius 3 is 2.72 bits per heavy atom. The zero-order valence-electron chi connectivity index (χ0n) is 11.4. The number of aryl methyl sites for hydroxylation is 2. The maximum atomic E-state index is 9.98. The summed E-state index contributed by atoms with van der Waals surface area (Å²) in [4.78, 5) is 0. The first-order chi connectivity index (χ1) is 8.60. The molecule has 0 radical (unpaired) electrons. The van der Waals surface area contributed by atoms with E-state index in [1.54, 1.807) is 0 Å². The molecule has 1 atom stereocenters. The molecule has 0 saturated heterocycles. The normalized spacial score (nSPS) is 12.9. The van der Waals surface area contributed by atoms with Crippen LogP contribution in [0.2, 0.25) is 5.02 Å². The van der Waals surface area contributed by atoms with Gasteiger partial charge in [-0.1, -0.05) is 18.5 Å². The Kier molecular flexibility index (Phi) is 6.68. The quantitative estimate of drug-likeness (QED) is 0.741. The number of nitrogens with zero attached hydrogens (tertiary/aromatic N) is 2. The second-order valence-corrected chi connectivity index (χ2v) is 4.80. The van der Waals surface area contributed by atoms with Gasteiger partial charge in [-0.05, 0) is 26.7 Å². The van der Waals surface area contributed by atoms with Crippen LogP contribution in [-0.4, -0.2) is 34.2 Å². The predicted octanol–water partition coefficient (Wildman–Crippen LogP) is 2.58. The Morgan fingerprint density at radius 1 is 1.39 bits per heavy atom.